The van der Waals surface area contributed by atoms with Crippen molar-refractivity contribution in [3.63, 3.8) is 0 Å². The maximum atomic E-state index is 12.4. The zero-order valence-electron chi connectivity index (χ0n) is 16.9. The van der Waals surface area contributed by atoms with Crippen LogP contribution in [0.3, 0.4) is 0 Å². The molecule has 1 aliphatic carbocycles. The van der Waals surface area contributed by atoms with Gasteiger partial charge < -0.3 is 20.2 Å². The summed E-state index contributed by atoms with van der Waals surface area (Å²) in [5.74, 6) is 1.90. The molecule has 31 heavy (non-hydrogen) atoms. The standard InChI is InChI=1S/C24H22N4O3/c25-24-27-21-10-9-18(12-20(21)23(28-24)31-14-15-3-4-15)16-5-7-17(8-6-16)22(29)26-13-19-2-1-11-30-19/h1-2,5-12,15H,3-4,13-14H2,(H,26,29)(H2,25,27,28). The first-order valence-corrected chi connectivity index (χ1v) is 10.3. The van der Waals surface area contributed by atoms with E-state index >= 15 is 0 Å². The van der Waals surface area contributed by atoms with Crippen molar-refractivity contribution in [2.45, 2.75) is 19.4 Å². The molecule has 0 atom stereocenters. The predicted octanol–water partition coefficient (Wildman–Crippen LogP) is 4.19. The fraction of sp³-hybridized carbons (Fsp3) is 0.208. The van der Waals surface area contributed by atoms with Crippen molar-refractivity contribution in [2.24, 2.45) is 5.92 Å². The van der Waals surface area contributed by atoms with E-state index in [9.17, 15) is 4.79 Å². The van der Waals surface area contributed by atoms with Crippen LogP contribution in [0, 0.1) is 5.92 Å². The summed E-state index contributed by atoms with van der Waals surface area (Å²) >= 11 is 0. The summed E-state index contributed by atoms with van der Waals surface area (Å²) in [6, 6.07) is 17.0. The van der Waals surface area contributed by atoms with E-state index in [0.717, 1.165) is 22.0 Å². The number of hydrogen-bond donors (Lipinski definition) is 2. The smallest absolute Gasteiger partial charge is 0.251 e. The number of hydrogen-bond acceptors (Lipinski definition) is 6. The minimum Gasteiger partial charge on any atom is -0.477 e. The average Bonchev–Trinajstić information content (AvgIpc) is 3.48. The second-order valence-corrected chi connectivity index (χ2v) is 7.71. The normalized spacial score (nSPS) is 13.3. The number of anilines is 1. The van der Waals surface area contributed by atoms with E-state index in [4.69, 9.17) is 14.9 Å². The van der Waals surface area contributed by atoms with E-state index in [-0.39, 0.29) is 11.9 Å². The van der Waals surface area contributed by atoms with Crippen molar-refractivity contribution in [2.75, 3.05) is 12.3 Å². The lowest BCUT2D eigenvalue weighted by molar-refractivity contribution is 0.0948. The fourth-order valence-corrected chi connectivity index (χ4v) is 3.39. The summed E-state index contributed by atoms with van der Waals surface area (Å²) in [6.45, 7) is 1.00. The molecule has 2 aromatic carbocycles. The van der Waals surface area contributed by atoms with Crippen molar-refractivity contribution >= 4 is 22.8 Å². The Morgan fingerprint density at radius 3 is 2.65 bits per heavy atom. The summed E-state index contributed by atoms with van der Waals surface area (Å²) < 4.78 is 11.2. The highest BCUT2D eigenvalue weighted by Gasteiger charge is 2.23. The molecule has 0 radical (unpaired) electrons. The molecule has 1 amide bonds. The largest absolute Gasteiger partial charge is 0.477 e. The average molecular weight is 414 g/mol. The number of carbonyl (C=O) groups excluding carboxylic acids is 1. The van der Waals surface area contributed by atoms with E-state index in [0.29, 0.717) is 36.3 Å². The Labute approximate surface area is 179 Å². The lowest BCUT2D eigenvalue weighted by Gasteiger charge is -2.10. The SMILES string of the molecule is Nc1nc(OCC2CC2)c2cc(-c3ccc(C(=O)NCc4ccco4)cc3)ccc2n1. The Morgan fingerprint density at radius 2 is 1.90 bits per heavy atom. The topological polar surface area (TPSA) is 103 Å². The lowest BCUT2D eigenvalue weighted by Crippen LogP contribution is -2.22. The Morgan fingerprint density at radius 1 is 1.10 bits per heavy atom. The van der Waals surface area contributed by atoms with Crippen LogP contribution in [-0.2, 0) is 6.54 Å². The second-order valence-electron chi connectivity index (χ2n) is 7.71. The number of nitrogen functional groups attached to an aromatic ring is 1. The Hall–Kier alpha value is -3.87. The minimum atomic E-state index is -0.152. The maximum absolute atomic E-state index is 12.4. The molecule has 2 aromatic heterocycles. The Bertz CT molecular complexity index is 1220. The third-order valence-corrected chi connectivity index (χ3v) is 5.31. The molecular weight excluding hydrogens is 392 g/mol. The van der Waals surface area contributed by atoms with Gasteiger partial charge in [-0.2, -0.15) is 4.98 Å². The number of ether oxygens (including phenoxy) is 1. The molecule has 0 bridgehead atoms. The van der Waals surface area contributed by atoms with Gasteiger partial charge in [-0.1, -0.05) is 18.2 Å². The number of nitrogens with two attached hydrogens (primary N) is 1. The van der Waals surface area contributed by atoms with Crippen molar-refractivity contribution in [3.05, 3.63) is 72.2 Å². The summed E-state index contributed by atoms with van der Waals surface area (Å²) in [6.07, 6.45) is 3.98. The van der Waals surface area contributed by atoms with Crippen LogP contribution in [0.2, 0.25) is 0 Å². The monoisotopic (exact) mass is 414 g/mol. The molecule has 1 fully saturated rings. The highest BCUT2D eigenvalue weighted by atomic mass is 16.5. The van der Waals surface area contributed by atoms with E-state index in [1.54, 1.807) is 24.5 Å². The number of benzene rings is 2. The predicted molar refractivity (Wildman–Crippen MR) is 117 cm³/mol. The summed E-state index contributed by atoms with van der Waals surface area (Å²) in [7, 11) is 0. The van der Waals surface area contributed by atoms with Crippen LogP contribution < -0.4 is 15.8 Å². The highest BCUT2D eigenvalue weighted by Crippen LogP contribution is 2.33. The van der Waals surface area contributed by atoms with Gasteiger partial charge in [0.05, 0.1) is 30.3 Å². The molecule has 0 unspecified atom stereocenters. The molecule has 0 saturated heterocycles. The van der Waals surface area contributed by atoms with Gasteiger partial charge in [0, 0.05) is 5.56 Å². The third-order valence-electron chi connectivity index (χ3n) is 5.31. The van der Waals surface area contributed by atoms with Crippen LogP contribution in [0.4, 0.5) is 5.95 Å². The van der Waals surface area contributed by atoms with Gasteiger partial charge in [0.2, 0.25) is 11.8 Å². The van der Waals surface area contributed by atoms with Gasteiger partial charge in [-0.25, -0.2) is 4.98 Å². The number of aromatic nitrogens is 2. The molecule has 156 valence electrons. The third kappa shape index (κ3) is 4.35. The van der Waals surface area contributed by atoms with Crippen molar-refractivity contribution in [1.29, 1.82) is 0 Å². The van der Waals surface area contributed by atoms with Gasteiger partial charge in [0.1, 0.15) is 5.76 Å². The Kier molecular flexibility index (Phi) is 5.00. The van der Waals surface area contributed by atoms with Crippen LogP contribution in [0.1, 0.15) is 29.0 Å². The van der Waals surface area contributed by atoms with Gasteiger partial charge >= 0.3 is 0 Å². The van der Waals surface area contributed by atoms with E-state index in [1.165, 1.54) is 12.8 Å². The summed E-state index contributed by atoms with van der Waals surface area (Å²) in [4.78, 5) is 21.0. The molecule has 2 heterocycles. The molecule has 5 rings (SSSR count). The highest BCUT2D eigenvalue weighted by molar-refractivity contribution is 5.95. The number of amides is 1. The Balaban J connectivity index is 1.36. The number of rotatable bonds is 7. The van der Waals surface area contributed by atoms with Gasteiger partial charge in [-0.05, 0) is 66.3 Å². The van der Waals surface area contributed by atoms with Crippen LogP contribution >= 0.6 is 0 Å². The minimum absolute atomic E-state index is 0.152. The van der Waals surface area contributed by atoms with Gasteiger partial charge in [-0.15, -0.1) is 0 Å². The first-order valence-electron chi connectivity index (χ1n) is 10.3. The molecule has 0 aliphatic heterocycles. The number of fused-ring (bicyclic) bond motifs is 1. The number of carbonyl (C=O) groups is 1. The molecule has 1 saturated carbocycles. The lowest BCUT2D eigenvalue weighted by atomic mass is 10.0. The fourth-order valence-electron chi connectivity index (χ4n) is 3.39. The number of nitrogens with one attached hydrogen (secondary N) is 1. The molecule has 7 nitrogen and oxygen atoms in total. The van der Waals surface area contributed by atoms with Gasteiger partial charge in [0.25, 0.3) is 5.91 Å². The van der Waals surface area contributed by atoms with Crippen molar-refractivity contribution in [3.8, 4) is 17.0 Å². The first-order chi connectivity index (χ1) is 15.2. The van der Waals surface area contributed by atoms with Crippen LogP contribution in [0.25, 0.3) is 22.0 Å². The molecular formula is C24H22N4O3. The first kappa shape index (κ1) is 19.1. The number of nitrogens with zero attached hydrogens (tertiary/aromatic N) is 2. The van der Waals surface area contributed by atoms with Gasteiger partial charge in [-0.3, -0.25) is 4.79 Å². The second kappa shape index (κ2) is 8.10. The number of furan rings is 1. The van der Waals surface area contributed by atoms with Crippen LogP contribution in [0.5, 0.6) is 5.88 Å². The quantitative estimate of drug-likeness (QED) is 0.470. The molecule has 0 spiro atoms. The molecule has 1 aliphatic rings. The summed E-state index contributed by atoms with van der Waals surface area (Å²) in [5.41, 5.74) is 9.15. The van der Waals surface area contributed by atoms with Crippen LogP contribution in [0.15, 0.2) is 65.3 Å². The van der Waals surface area contributed by atoms with Crippen molar-refractivity contribution < 1.29 is 13.9 Å². The van der Waals surface area contributed by atoms with E-state index < -0.39 is 0 Å². The molecule has 4 aromatic rings. The molecule has 7 heteroatoms. The van der Waals surface area contributed by atoms with Gasteiger partial charge in [0.15, 0.2) is 0 Å². The zero-order valence-corrected chi connectivity index (χ0v) is 16.9. The van der Waals surface area contributed by atoms with Crippen molar-refractivity contribution in [1.82, 2.24) is 15.3 Å². The maximum Gasteiger partial charge on any atom is 0.251 e. The van der Waals surface area contributed by atoms with Crippen LogP contribution in [-0.4, -0.2) is 22.5 Å². The van der Waals surface area contributed by atoms with E-state index in [2.05, 4.69) is 15.3 Å². The summed E-state index contributed by atoms with van der Waals surface area (Å²) in [5, 5.41) is 3.67. The molecule has 3 N–H and O–H groups in total. The zero-order chi connectivity index (χ0) is 21.2. The van der Waals surface area contributed by atoms with E-state index in [1.807, 2.05) is 36.4 Å².